The molecule has 0 amide bonds. The van der Waals surface area contributed by atoms with Crippen molar-refractivity contribution < 1.29 is 0 Å². The second-order valence-corrected chi connectivity index (χ2v) is 7.06. The Labute approximate surface area is 144 Å². The van der Waals surface area contributed by atoms with Crippen LogP contribution in [0.4, 0.5) is 0 Å². The summed E-state index contributed by atoms with van der Waals surface area (Å²) in [6.45, 7) is 0. The van der Waals surface area contributed by atoms with Crippen LogP contribution in [0.15, 0.2) is 64.0 Å². The maximum absolute atomic E-state index is 12.7. The molecule has 110 valence electrons. The molecule has 4 aromatic rings. The van der Waals surface area contributed by atoms with Gasteiger partial charge in [-0.2, -0.15) is 5.26 Å². The van der Waals surface area contributed by atoms with Crippen LogP contribution < -0.4 is 5.56 Å². The minimum Gasteiger partial charge on any atom is -0.273 e. The normalized spacial score (nSPS) is 11.0. The first-order valence-corrected chi connectivity index (χ1v) is 8.53. The van der Waals surface area contributed by atoms with E-state index in [2.05, 4.69) is 22.0 Å². The van der Waals surface area contributed by atoms with Crippen molar-refractivity contribution >= 4 is 42.2 Å². The fourth-order valence-electron chi connectivity index (χ4n) is 2.66. The van der Waals surface area contributed by atoms with Crippen LogP contribution in [-0.4, -0.2) is 4.40 Å². The van der Waals surface area contributed by atoms with Crippen molar-refractivity contribution in [2.75, 3.05) is 0 Å². The molecule has 0 unspecified atom stereocenters. The van der Waals surface area contributed by atoms with Crippen molar-refractivity contribution in [2.24, 2.45) is 0 Å². The van der Waals surface area contributed by atoms with E-state index >= 15 is 0 Å². The van der Waals surface area contributed by atoms with E-state index in [1.54, 1.807) is 10.6 Å². The molecule has 0 saturated heterocycles. The Morgan fingerprint density at radius 1 is 1.09 bits per heavy atom. The molecule has 0 fully saturated rings. The Morgan fingerprint density at radius 2 is 1.83 bits per heavy atom. The van der Waals surface area contributed by atoms with Crippen molar-refractivity contribution in [2.45, 2.75) is 0 Å². The molecule has 0 aliphatic carbocycles. The maximum Gasteiger partial charge on any atom is 0.264 e. The van der Waals surface area contributed by atoms with Gasteiger partial charge in [-0.05, 0) is 29.8 Å². The molecule has 2 heterocycles. The lowest BCUT2D eigenvalue weighted by Gasteiger charge is -1.98. The number of nitriles is 1. The molecule has 3 nitrogen and oxygen atoms in total. The number of aromatic nitrogens is 1. The summed E-state index contributed by atoms with van der Waals surface area (Å²) in [4.78, 5) is 13.4. The Bertz CT molecular complexity index is 1150. The number of nitrogens with zero attached hydrogens (tertiary/aromatic N) is 2. The molecule has 0 radical (unpaired) electrons. The van der Waals surface area contributed by atoms with Gasteiger partial charge in [-0.15, -0.1) is 11.3 Å². The van der Waals surface area contributed by atoms with E-state index in [-0.39, 0.29) is 5.56 Å². The smallest absolute Gasteiger partial charge is 0.264 e. The monoisotopic (exact) mass is 380 g/mol. The first kappa shape index (κ1) is 14.2. The van der Waals surface area contributed by atoms with Gasteiger partial charge in [-0.1, -0.05) is 40.2 Å². The van der Waals surface area contributed by atoms with Crippen LogP contribution in [0, 0.1) is 11.3 Å². The molecular weight excluding hydrogens is 372 g/mol. The first-order chi connectivity index (χ1) is 11.2. The van der Waals surface area contributed by atoms with E-state index in [0.717, 1.165) is 20.3 Å². The van der Waals surface area contributed by atoms with Crippen LogP contribution in [0.25, 0.3) is 26.0 Å². The molecule has 2 aromatic heterocycles. The van der Waals surface area contributed by atoms with E-state index in [0.29, 0.717) is 15.8 Å². The zero-order valence-electron chi connectivity index (χ0n) is 11.8. The summed E-state index contributed by atoms with van der Waals surface area (Å²) in [6.07, 6.45) is 1.77. The van der Waals surface area contributed by atoms with Gasteiger partial charge < -0.3 is 0 Å². The molecule has 23 heavy (non-hydrogen) atoms. The highest BCUT2D eigenvalue weighted by atomic mass is 79.9. The lowest BCUT2D eigenvalue weighted by Crippen LogP contribution is -2.10. The van der Waals surface area contributed by atoms with Crippen molar-refractivity contribution in [1.82, 2.24) is 4.40 Å². The summed E-state index contributed by atoms with van der Waals surface area (Å²) in [5.41, 5.74) is 2.15. The summed E-state index contributed by atoms with van der Waals surface area (Å²) in [5, 5.41) is 10.3. The first-order valence-electron chi connectivity index (χ1n) is 6.92. The van der Waals surface area contributed by atoms with Gasteiger partial charge in [-0.25, -0.2) is 0 Å². The highest BCUT2D eigenvalue weighted by Gasteiger charge is 2.16. The second-order valence-electron chi connectivity index (χ2n) is 5.11. The van der Waals surface area contributed by atoms with Crippen LogP contribution in [0.1, 0.15) is 5.56 Å². The predicted molar refractivity (Wildman–Crippen MR) is 96.9 cm³/mol. The molecule has 0 saturated carbocycles. The second kappa shape index (κ2) is 5.34. The van der Waals surface area contributed by atoms with Crippen LogP contribution >= 0.6 is 27.3 Å². The Morgan fingerprint density at radius 3 is 2.57 bits per heavy atom. The molecule has 0 aliphatic rings. The predicted octanol–water partition coefficient (Wildman–Crippen LogP) is 4.82. The summed E-state index contributed by atoms with van der Waals surface area (Å²) < 4.78 is 3.45. The van der Waals surface area contributed by atoms with Crippen molar-refractivity contribution in [3.8, 4) is 17.2 Å². The summed E-state index contributed by atoms with van der Waals surface area (Å²) in [5.74, 6) is 0. The average molecular weight is 381 g/mol. The minimum atomic E-state index is -0.0887. The highest BCUT2D eigenvalue weighted by Crippen LogP contribution is 2.32. The Hall–Kier alpha value is -2.42. The van der Waals surface area contributed by atoms with E-state index in [9.17, 15) is 10.1 Å². The Balaban J connectivity index is 2.13. The number of rotatable bonds is 1. The van der Waals surface area contributed by atoms with Crippen LogP contribution in [0.5, 0.6) is 0 Å². The summed E-state index contributed by atoms with van der Waals surface area (Å²) in [7, 11) is 0. The minimum absolute atomic E-state index is 0.0887. The molecule has 5 heteroatoms. The molecule has 0 aliphatic heterocycles. The third-order valence-corrected chi connectivity index (χ3v) is 5.47. The lowest BCUT2D eigenvalue weighted by molar-refractivity contribution is 1.16. The zero-order chi connectivity index (χ0) is 16.0. The molecular formula is C18H9BrN2OS. The van der Waals surface area contributed by atoms with Crippen LogP contribution in [0.3, 0.4) is 0 Å². The van der Waals surface area contributed by atoms with Gasteiger partial charge in [0.15, 0.2) is 0 Å². The van der Waals surface area contributed by atoms with Crippen LogP contribution in [-0.2, 0) is 0 Å². The van der Waals surface area contributed by atoms with Gasteiger partial charge in [0, 0.05) is 20.9 Å². The van der Waals surface area contributed by atoms with Crippen molar-refractivity contribution in [3.63, 3.8) is 0 Å². The fourth-order valence-corrected chi connectivity index (χ4v) is 4.04. The average Bonchev–Trinajstić information content (AvgIpc) is 2.94. The van der Waals surface area contributed by atoms with Gasteiger partial charge in [0.1, 0.15) is 10.9 Å². The number of hydrogen-bond donors (Lipinski definition) is 0. The fraction of sp³-hybridized carbons (Fsp3) is 0. The molecule has 0 spiro atoms. The quantitative estimate of drug-likeness (QED) is 0.475. The van der Waals surface area contributed by atoms with Gasteiger partial charge in [-0.3, -0.25) is 9.20 Å². The van der Waals surface area contributed by atoms with Gasteiger partial charge in [0.25, 0.3) is 5.56 Å². The standard InChI is InChI=1S/C18H9BrN2OS/c19-12-7-5-11(6-8-12)15-10-21-17(22)13-3-1-2-4-16(13)23-18(21)14(15)9-20/h1-8,10H. The lowest BCUT2D eigenvalue weighted by atomic mass is 10.1. The van der Waals surface area contributed by atoms with E-state index in [1.807, 2.05) is 48.5 Å². The zero-order valence-corrected chi connectivity index (χ0v) is 14.2. The number of benzene rings is 2. The molecule has 0 N–H and O–H groups in total. The van der Waals surface area contributed by atoms with Crippen molar-refractivity contribution in [1.29, 1.82) is 5.26 Å². The molecule has 0 bridgehead atoms. The van der Waals surface area contributed by atoms with Gasteiger partial charge in [0.2, 0.25) is 0 Å². The number of halogens is 1. The molecule has 0 atom stereocenters. The van der Waals surface area contributed by atoms with Gasteiger partial charge in [0.05, 0.1) is 10.9 Å². The van der Waals surface area contributed by atoms with E-state index in [4.69, 9.17) is 0 Å². The third-order valence-electron chi connectivity index (χ3n) is 3.77. The number of hydrogen-bond acceptors (Lipinski definition) is 3. The topological polar surface area (TPSA) is 45.3 Å². The van der Waals surface area contributed by atoms with Gasteiger partial charge >= 0.3 is 0 Å². The largest absolute Gasteiger partial charge is 0.273 e. The maximum atomic E-state index is 12.7. The van der Waals surface area contributed by atoms with E-state index < -0.39 is 0 Å². The highest BCUT2D eigenvalue weighted by molar-refractivity contribution is 9.10. The molecule has 2 aromatic carbocycles. The summed E-state index contributed by atoms with van der Waals surface area (Å²) in [6, 6.07) is 17.5. The SMILES string of the molecule is N#Cc1c(-c2ccc(Br)cc2)cn2c(=O)c3ccccc3sc12. The Kier molecular flexibility index (Phi) is 3.29. The van der Waals surface area contributed by atoms with Crippen LogP contribution in [0.2, 0.25) is 0 Å². The number of fused-ring (bicyclic) bond motifs is 2. The summed E-state index contributed by atoms with van der Waals surface area (Å²) >= 11 is 4.88. The molecule has 4 rings (SSSR count). The van der Waals surface area contributed by atoms with E-state index in [1.165, 1.54) is 11.3 Å². The third kappa shape index (κ3) is 2.19. The van der Waals surface area contributed by atoms with Crippen molar-refractivity contribution in [3.05, 3.63) is 75.1 Å².